The number of aryl methyl sites for hydroxylation is 1. The van der Waals surface area contributed by atoms with Crippen molar-refractivity contribution in [1.29, 1.82) is 0 Å². The minimum atomic E-state index is -3.80. The highest BCUT2D eigenvalue weighted by atomic mass is 19.3. The van der Waals surface area contributed by atoms with Crippen molar-refractivity contribution in [2.45, 2.75) is 44.5 Å². The van der Waals surface area contributed by atoms with Gasteiger partial charge in [-0.25, -0.2) is 4.79 Å². The van der Waals surface area contributed by atoms with Gasteiger partial charge in [0.1, 0.15) is 17.5 Å². The number of hydrogen-bond acceptors (Lipinski definition) is 7. The smallest absolute Gasteiger partial charge is 0.481 e. The Hall–Kier alpha value is -4.93. The molecule has 1 saturated carbocycles. The predicted octanol–water partition coefficient (Wildman–Crippen LogP) is 7.06. The molecule has 3 aromatic carbocycles. The molecule has 0 spiro atoms. The second-order valence-electron chi connectivity index (χ2n) is 10.0. The number of carbonyl (C=O) groups is 2. The van der Waals surface area contributed by atoms with E-state index in [9.17, 15) is 23.5 Å². The first kappa shape index (κ1) is 26.3. The Morgan fingerprint density at radius 3 is 2.24 bits per heavy atom. The van der Waals surface area contributed by atoms with E-state index >= 15 is 0 Å². The van der Waals surface area contributed by atoms with E-state index in [2.05, 4.69) is 19.9 Å². The van der Waals surface area contributed by atoms with Crippen molar-refractivity contribution >= 4 is 17.7 Å². The molecule has 1 aliphatic carbocycles. The van der Waals surface area contributed by atoms with E-state index in [0.717, 1.165) is 16.7 Å². The maximum absolute atomic E-state index is 13.6. The zero-order chi connectivity index (χ0) is 28.9. The number of aromatic nitrogens is 1. The van der Waals surface area contributed by atoms with E-state index < -0.39 is 29.9 Å². The van der Waals surface area contributed by atoms with Crippen LogP contribution in [0.4, 0.5) is 19.3 Å². The molecular formula is C30H24F2N2O7. The Morgan fingerprint density at radius 2 is 1.61 bits per heavy atom. The molecule has 1 amide bonds. The van der Waals surface area contributed by atoms with Crippen molar-refractivity contribution in [2.24, 2.45) is 0 Å². The molecule has 6 rings (SSSR count). The number of rotatable bonds is 7. The fraction of sp³-hybridized carbons (Fsp3) is 0.233. The quantitative estimate of drug-likeness (QED) is 0.246. The molecule has 1 fully saturated rings. The second-order valence-corrected chi connectivity index (χ2v) is 10.0. The van der Waals surface area contributed by atoms with Gasteiger partial charge in [0.2, 0.25) is 0 Å². The first-order chi connectivity index (χ1) is 19.6. The summed E-state index contributed by atoms with van der Waals surface area (Å²) >= 11 is 0. The zero-order valence-electron chi connectivity index (χ0n) is 21.9. The summed E-state index contributed by atoms with van der Waals surface area (Å²) in [5.74, 6) is -0.824. The summed E-state index contributed by atoms with van der Waals surface area (Å²) in [6.07, 6.45) is -4.30. The van der Waals surface area contributed by atoms with Gasteiger partial charge in [-0.05, 0) is 49.4 Å². The van der Waals surface area contributed by atoms with Gasteiger partial charge in [0.05, 0.1) is 5.41 Å². The largest absolute Gasteiger partial charge is 0.586 e. The standard InChI is InChI=1S/C30H24F2N2O7/c1-16-24(33-28(37)38-17(2)22-4-3-5-23-26(22)40-30(31,32)39-23)25(41-34-16)20-8-6-18(7-9-20)19-10-12-21(13-11-19)29(14-15-29)27(35)36/h3-13,17H,14-15H2,1-2H3,(H,33,37)(H,35,36). The topological polar surface area (TPSA) is 120 Å². The number of carboxylic acid groups (broad SMARTS) is 1. The Bertz CT molecular complexity index is 1640. The number of nitrogens with zero attached hydrogens (tertiary/aromatic N) is 1. The van der Waals surface area contributed by atoms with Crippen molar-refractivity contribution in [2.75, 3.05) is 5.32 Å². The number of carboxylic acids is 1. The lowest BCUT2D eigenvalue weighted by Crippen LogP contribution is -2.26. The third kappa shape index (κ3) is 4.83. The van der Waals surface area contributed by atoms with Crippen LogP contribution in [0.1, 0.15) is 42.7 Å². The van der Waals surface area contributed by atoms with Gasteiger partial charge in [-0.2, -0.15) is 0 Å². The molecule has 4 aromatic rings. The summed E-state index contributed by atoms with van der Waals surface area (Å²) in [6.45, 7) is 3.18. The maximum Gasteiger partial charge on any atom is 0.586 e. The number of fused-ring (bicyclic) bond motifs is 1. The maximum atomic E-state index is 13.6. The minimum Gasteiger partial charge on any atom is -0.481 e. The van der Waals surface area contributed by atoms with E-state index in [-0.39, 0.29) is 17.1 Å². The number of benzene rings is 3. The Labute approximate surface area is 232 Å². The highest BCUT2D eigenvalue weighted by Gasteiger charge is 2.51. The van der Waals surface area contributed by atoms with Crippen LogP contribution in [-0.4, -0.2) is 28.6 Å². The molecule has 2 aliphatic rings. The van der Waals surface area contributed by atoms with Crippen molar-refractivity contribution < 1.29 is 42.2 Å². The van der Waals surface area contributed by atoms with E-state index in [1.807, 2.05) is 48.5 Å². The second kappa shape index (κ2) is 9.61. The number of hydrogen-bond donors (Lipinski definition) is 2. The van der Waals surface area contributed by atoms with Gasteiger partial charge >= 0.3 is 18.4 Å². The summed E-state index contributed by atoms with van der Waals surface area (Å²) < 4.78 is 47.1. The molecule has 1 atom stereocenters. The number of alkyl halides is 2. The average molecular weight is 563 g/mol. The number of halogens is 2. The summed E-state index contributed by atoms with van der Waals surface area (Å²) in [5, 5.41) is 16.1. The lowest BCUT2D eigenvalue weighted by atomic mass is 9.93. The van der Waals surface area contributed by atoms with E-state index in [1.165, 1.54) is 25.1 Å². The van der Waals surface area contributed by atoms with Crippen LogP contribution in [0.15, 0.2) is 71.3 Å². The van der Waals surface area contributed by atoms with Crippen LogP contribution in [0.5, 0.6) is 11.5 Å². The van der Waals surface area contributed by atoms with Gasteiger partial charge in [0.25, 0.3) is 0 Å². The van der Waals surface area contributed by atoms with Crippen LogP contribution in [0, 0.1) is 6.92 Å². The van der Waals surface area contributed by atoms with E-state index in [1.54, 1.807) is 6.92 Å². The first-order valence-corrected chi connectivity index (χ1v) is 12.8. The monoisotopic (exact) mass is 562 g/mol. The van der Waals surface area contributed by atoms with Crippen LogP contribution in [-0.2, 0) is 14.9 Å². The molecule has 0 bridgehead atoms. The molecule has 1 aliphatic heterocycles. The molecule has 210 valence electrons. The first-order valence-electron chi connectivity index (χ1n) is 12.8. The molecule has 0 radical (unpaired) electrons. The van der Waals surface area contributed by atoms with Crippen molar-refractivity contribution in [3.05, 3.63) is 83.6 Å². The molecule has 9 nitrogen and oxygen atoms in total. The zero-order valence-corrected chi connectivity index (χ0v) is 21.9. The SMILES string of the molecule is Cc1noc(-c2ccc(-c3ccc(C4(C(=O)O)CC4)cc3)cc2)c1NC(=O)OC(C)c1cccc2c1OC(F)(F)O2. The van der Waals surface area contributed by atoms with Crippen molar-refractivity contribution in [1.82, 2.24) is 5.16 Å². The average Bonchev–Trinajstić information content (AvgIpc) is 3.60. The molecule has 41 heavy (non-hydrogen) atoms. The van der Waals surface area contributed by atoms with E-state index in [0.29, 0.717) is 35.5 Å². The summed E-state index contributed by atoms with van der Waals surface area (Å²) in [5.41, 5.74) is 3.45. The van der Waals surface area contributed by atoms with Gasteiger partial charge in [-0.3, -0.25) is 10.1 Å². The third-order valence-corrected chi connectivity index (χ3v) is 7.35. The molecular weight excluding hydrogens is 538 g/mol. The van der Waals surface area contributed by atoms with Crippen LogP contribution in [0.3, 0.4) is 0 Å². The van der Waals surface area contributed by atoms with Gasteiger partial charge < -0.3 is 23.8 Å². The molecule has 1 unspecified atom stereocenters. The van der Waals surface area contributed by atoms with Crippen LogP contribution >= 0.6 is 0 Å². The van der Waals surface area contributed by atoms with E-state index in [4.69, 9.17) is 9.26 Å². The molecule has 11 heteroatoms. The van der Waals surface area contributed by atoms with Crippen molar-refractivity contribution in [3.8, 4) is 33.9 Å². The van der Waals surface area contributed by atoms with Crippen LogP contribution < -0.4 is 14.8 Å². The lowest BCUT2D eigenvalue weighted by Gasteiger charge is -2.16. The van der Waals surface area contributed by atoms with Gasteiger partial charge in [0, 0.05) is 11.1 Å². The third-order valence-electron chi connectivity index (χ3n) is 7.35. The molecule has 1 aromatic heterocycles. The van der Waals surface area contributed by atoms with Gasteiger partial charge in [-0.15, -0.1) is 8.78 Å². The number of amides is 1. The fourth-order valence-corrected chi connectivity index (χ4v) is 4.93. The summed E-state index contributed by atoms with van der Waals surface area (Å²) in [4.78, 5) is 24.4. The number of anilines is 1. The molecule has 2 N–H and O–H groups in total. The summed E-state index contributed by atoms with van der Waals surface area (Å²) in [7, 11) is 0. The summed E-state index contributed by atoms with van der Waals surface area (Å²) in [6, 6.07) is 19.2. The molecule has 2 heterocycles. The Balaban J connectivity index is 1.16. The number of ether oxygens (including phenoxy) is 3. The number of carbonyl (C=O) groups excluding carboxylic acids is 1. The van der Waals surface area contributed by atoms with Gasteiger partial charge in [-0.1, -0.05) is 65.8 Å². The number of aliphatic carboxylic acids is 1. The number of nitrogens with one attached hydrogen (secondary N) is 1. The number of para-hydroxylation sites is 1. The highest BCUT2D eigenvalue weighted by molar-refractivity contribution is 5.91. The predicted molar refractivity (Wildman–Crippen MR) is 142 cm³/mol. The fourth-order valence-electron chi connectivity index (χ4n) is 4.93. The van der Waals surface area contributed by atoms with Gasteiger partial charge in [0.15, 0.2) is 17.3 Å². The van der Waals surface area contributed by atoms with Crippen molar-refractivity contribution in [3.63, 3.8) is 0 Å². The normalized spacial score (nSPS) is 16.6. The highest BCUT2D eigenvalue weighted by Crippen LogP contribution is 2.49. The Kier molecular flexibility index (Phi) is 6.17. The Morgan fingerprint density at radius 1 is 0.976 bits per heavy atom. The van der Waals surface area contributed by atoms with Crippen LogP contribution in [0.2, 0.25) is 0 Å². The van der Waals surface area contributed by atoms with Crippen LogP contribution in [0.25, 0.3) is 22.5 Å². The molecule has 0 saturated heterocycles. The lowest BCUT2D eigenvalue weighted by molar-refractivity contribution is -0.287. The minimum absolute atomic E-state index is 0.146.